The SMILES string of the molecule is CCCOC(=O)N1CCN(C(=O)c2ccc3c(Cl)c4c(nc3c2)CC(CCN)CC4)CC1. The highest BCUT2D eigenvalue weighted by molar-refractivity contribution is 6.36. The number of benzene rings is 1. The molecule has 0 spiro atoms. The number of aromatic nitrogens is 1. The third-order valence-corrected chi connectivity index (χ3v) is 6.90. The van der Waals surface area contributed by atoms with E-state index in [0.717, 1.165) is 59.3 Å². The molecule has 7 nitrogen and oxygen atoms in total. The van der Waals surface area contributed by atoms with Crippen molar-refractivity contribution in [2.75, 3.05) is 39.3 Å². The summed E-state index contributed by atoms with van der Waals surface area (Å²) in [5.41, 5.74) is 9.28. The van der Waals surface area contributed by atoms with E-state index in [0.29, 0.717) is 50.8 Å². The number of hydrogen-bond donors (Lipinski definition) is 1. The minimum absolute atomic E-state index is 0.0508. The predicted octanol–water partition coefficient (Wildman–Crippen LogP) is 3.65. The lowest BCUT2D eigenvalue weighted by atomic mass is 9.84. The molecule has 1 aromatic heterocycles. The summed E-state index contributed by atoms with van der Waals surface area (Å²) in [7, 11) is 0. The summed E-state index contributed by atoms with van der Waals surface area (Å²) in [6.45, 7) is 4.98. The summed E-state index contributed by atoms with van der Waals surface area (Å²) in [4.78, 5) is 33.5. The van der Waals surface area contributed by atoms with Crippen LogP contribution in [-0.2, 0) is 17.6 Å². The Labute approximate surface area is 193 Å². The van der Waals surface area contributed by atoms with Crippen molar-refractivity contribution in [2.24, 2.45) is 11.7 Å². The highest BCUT2D eigenvalue weighted by Crippen LogP contribution is 2.35. The van der Waals surface area contributed by atoms with Gasteiger partial charge in [-0.3, -0.25) is 9.78 Å². The molecule has 2 amide bonds. The van der Waals surface area contributed by atoms with Crippen LogP contribution in [0.1, 0.15) is 47.8 Å². The molecule has 172 valence electrons. The van der Waals surface area contributed by atoms with E-state index in [4.69, 9.17) is 27.1 Å². The molecule has 32 heavy (non-hydrogen) atoms. The average molecular weight is 459 g/mol. The Morgan fingerprint density at radius 2 is 1.97 bits per heavy atom. The van der Waals surface area contributed by atoms with E-state index in [1.807, 2.05) is 25.1 Å². The number of piperazine rings is 1. The molecule has 1 fully saturated rings. The van der Waals surface area contributed by atoms with Crippen LogP contribution >= 0.6 is 11.6 Å². The van der Waals surface area contributed by atoms with Crippen molar-refractivity contribution < 1.29 is 14.3 Å². The molecule has 2 heterocycles. The highest BCUT2D eigenvalue weighted by atomic mass is 35.5. The van der Waals surface area contributed by atoms with Gasteiger partial charge in [-0.05, 0) is 62.3 Å². The van der Waals surface area contributed by atoms with Gasteiger partial charge in [-0.15, -0.1) is 0 Å². The van der Waals surface area contributed by atoms with Gasteiger partial charge < -0.3 is 20.3 Å². The zero-order valence-corrected chi connectivity index (χ0v) is 19.4. The lowest BCUT2D eigenvalue weighted by Crippen LogP contribution is -2.50. The van der Waals surface area contributed by atoms with Crippen LogP contribution in [0.3, 0.4) is 0 Å². The van der Waals surface area contributed by atoms with Gasteiger partial charge in [0.2, 0.25) is 0 Å². The predicted molar refractivity (Wildman–Crippen MR) is 125 cm³/mol. The zero-order chi connectivity index (χ0) is 22.7. The number of nitrogens with zero attached hydrogens (tertiary/aromatic N) is 3. The molecule has 0 radical (unpaired) electrons. The molecule has 2 N–H and O–H groups in total. The van der Waals surface area contributed by atoms with Gasteiger partial charge in [-0.25, -0.2) is 4.79 Å². The molecular formula is C24H31ClN4O3. The van der Waals surface area contributed by atoms with Crippen molar-refractivity contribution in [3.8, 4) is 0 Å². The number of pyridine rings is 1. The number of hydrogen-bond acceptors (Lipinski definition) is 5. The number of fused-ring (bicyclic) bond motifs is 2. The van der Waals surface area contributed by atoms with Crippen molar-refractivity contribution >= 4 is 34.5 Å². The Balaban J connectivity index is 1.49. The standard InChI is InChI=1S/C24H31ClN4O3/c1-2-13-32-24(31)29-11-9-28(10-12-29)23(30)17-4-6-19-21(15-17)27-20-14-16(7-8-26)3-5-18(20)22(19)25/h4,6,15-16H,2-3,5,7-14,26H2,1H3. The third-order valence-electron chi connectivity index (χ3n) is 6.46. The number of carbonyl (C=O) groups excluding carboxylic acids is 2. The van der Waals surface area contributed by atoms with Gasteiger partial charge in [0.15, 0.2) is 0 Å². The van der Waals surface area contributed by atoms with E-state index in [2.05, 4.69) is 0 Å². The van der Waals surface area contributed by atoms with Crippen molar-refractivity contribution in [3.63, 3.8) is 0 Å². The molecule has 1 aliphatic heterocycles. The Hall–Kier alpha value is -2.38. The summed E-state index contributed by atoms with van der Waals surface area (Å²) in [5, 5.41) is 1.65. The molecule has 1 aliphatic carbocycles. The van der Waals surface area contributed by atoms with Crippen LogP contribution in [-0.4, -0.2) is 66.1 Å². The van der Waals surface area contributed by atoms with Crippen molar-refractivity contribution in [2.45, 2.75) is 39.0 Å². The van der Waals surface area contributed by atoms with Crippen molar-refractivity contribution in [1.29, 1.82) is 0 Å². The second kappa shape index (κ2) is 10.0. The molecule has 4 rings (SSSR count). The molecular weight excluding hydrogens is 428 g/mol. The lowest BCUT2D eigenvalue weighted by molar-refractivity contribution is 0.0560. The maximum atomic E-state index is 13.1. The maximum Gasteiger partial charge on any atom is 0.409 e. The lowest BCUT2D eigenvalue weighted by Gasteiger charge is -2.34. The van der Waals surface area contributed by atoms with Crippen LogP contribution in [0.15, 0.2) is 18.2 Å². The monoisotopic (exact) mass is 458 g/mol. The number of nitrogens with two attached hydrogens (primary N) is 1. The van der Waals surface area contributed by atoms with Gasteiger partial charge in [-0.2, -0.15) is 0 Å². The number of carbonyl (C=O) groups is 2. The smallest absolute Gasteiger partial charge is 0.409 e. The van der Waals surface area contributed by atoms with Crippen LogP contribution in [0.2, 0.25) is 5.02 Å². The normalized spacial score (nSPS) is 18.5. The minimum atomic E-state index is -0.304. The van der Waals surface area contributed by atoms with E-state index < -0.39 is 0 Å². The Morgan fingerprint density at radius 3 is 2.69 bits per heavy atom. The summed E-state index contributed by atoms with van der Waals surface area (Å²) < 4.78 is 5.19. The van der Waals surface area contributed by atoms with Gasteiger partial charge >= 0.3 is 6.09 Å². The molecule has 1 aromatic carbocycles. The fourth-order valence-electron chi connectivity index (χ4n) is 4.63. The van der Waals surface area contributed by atoms with Gasteiger partial charge in [0, 0.05) is 42.8 Å². The molecule has 0 bridgehead atoms. The molecule has 8 heteroatoms. The second-order valence-electron chi connectivity index (χ2n) is 8.66. The first-order chi connectivity index (χ1) is 15.5. The van der Waals surface area contributed by atoms with Gasteiger partial charge in [-0.1, -0.05) is 24.6 Å². The van der Waals surface area contributed by atoms with E-state index >= 15 is 0 Å². The second-order valence-corrected chi connectivity index (χ2v) is 9.04. The quantitative estimate of drug-likeness (QED) is 0.738. The number of halogens is 1. The van der Waals surface area contributed by atoms with Crippen LogP contribution in [0.25, 0.3) is 10.9 Å². The fraction of sp³-hybridized carbons (Fsp3) is 0.542. The van der Waals surface area contributed by atoms with Gasteiger partial charge in [0.25, 0.3) is 5.91 Å². The van der Waals surface area contributed by atoms with Crippen LogP contribution in [0, 0.1) is 5.92 Å². The van der Waals surface area contributed by atoms with E-state index in [1.165, 1.54) is 0 Å². The first-order valence-electron chi connectivity index (χ1n) is 11.5. The number of amides is 2. The Kier molecular flexibility index (Phi) is 7.16. The van der Waals surface area contributed by atoms with Gasteiger partial charge in [0.1, 0.15) is 0 Å². The summed E-state index contributed by atoms with van der Waals surface area (Å²) >= 11 is 6.74. The van der Waals surface area contributed by atoms with Crippen LogP contribution in [0.5, 0.6) is 0 Å². The molecule has 1 atom stereocenters. The maximum absolute atomic E-state index is 13.1. The topological polar surface area (TPSA) is 88.8 Å². The van der Waals surface area contributed by atoms with Crippen molar-refractivity contribution in [1.82, 2.24) is 14.8 Å². The Bertz CT molecular complexity index is 1000. The molecule has 1 saturated heterocycles. The molecule has 0 saturated carbocycles. The third kappa shape index (κ3) is 4.69. The number of rotatable bonds is 5. The van der Waals surface area contributed by atoms with Crippen LogP contribution < -0.4 is 5.73 Å². The summed E-state index contributed by atoms with van der Waals surface area (Å²) in [6, 6.07) is 5.58. The average Bonchev–Trinajstić information content (AvgIpc) is 2.82. The highest BCUT2D eigenvalue weighted by Gasteiger charge is 2.27. The zero-order valence-electron chi connectivity index (χ0n) is 18.6. The van der Waals surface area contributed by atoms with Crippen molar-refractivity contribution in [3.05, 3.63) is 40.0 Å². The molecule has 1 unspecified atom stereocenters. The molecule has 2 aromatic rings. The van der Waals surface area contributed by atoms with E-state index in [-0.39, 0.29) is 12.0 Å². The first-order valence-corrected chi connectivity index (χ1v) is 11.9. The van der Waals surface area contributed by atoms with Gasteiger partial charge in [0.05, 0.1) is 17.1 Å². The molecule has 2 aliphatic rings. The largest absolute Gasteiger partial charge is 0.449 e. The first kappa shape index (κ1) is 22.8. The van der Waals surface area contributed by atoms with E-state index in [9.17, 15) is 9.59 Å². The van der Waals surface area contributed by atoms with Crippen LogP contribution in [0.4, 0.5) is 4.79 Å². The fourth-order valence-corrected chi connectivity index (χ4v) is 4.99. The van der Waals surface area contributed by atoms with E-state index in [1.54, 1.807) is 9.80 Å². The summed E-state index contributed by atoms with van der Waals surface area (Å²) in [5.74, 6) is 0.490. The Morgan fingerprint density at radius 1 is 1.22 bits per heavy atom. The number of ether oxygens (including phenoxy) is 1. The summed E-state index contributed by atoms with van der Waals surface area (Å²) in [6.07, 6.45) is 4.38. The minimum Gasteiger partial charge on any atom is -0.449 e.